The quantitative estimate of drug-likeness (QED) is 0.135. The first kappa shape index (κ1) is 53.4. The van der Waals surface area contributed by atoms with Crippen LogP contribution in [0.1, 0.15) is 76.2 Å². The van der Waals surface area contributed by atoms with Crippen molar-refractivity contribution < 1.29 is 71.1 Å². The topological polar surface area (TPSA) is 138 Å². The van der Waals surface area contributed by atoms with Crippen molar-refractivity contribution in [3.63, 3.8) is 0 Å². The zero-order valence-corrected chi connectivity index (χ0v) is 37.2. The highest BCUT2D eigenvalue weighted by Crippen LogP contribution is 2.09. The Labute approximate surface area is 339 Å². The maximum atomic E-state index is 6.25. The van der Waals surface area contributed by atoms with E-state index in [1.54, 1.807) is 14.2 Å². The maximum Gasteiger partial charge on any atom is 0.104 e. The van der Waals surface area contributed by atoms with Gasteiger partial charge < -0.3 is 71.1 Å². The second-order valence-corrected chi connectivity index (χ2v) is 15.4. The molecule has 1 saturated heterocycles. The van der Waals surface area contributed by atoms with Gasteiger partial charge >= 0.3 is 0 Å². The molecule has 336 valence electrons. The number of methoxy groups -OCH3 is 2. The fraction of sp³-hybridized carbons (Fsp3) is 1.00. The van der Waals surface area contributed by atoms with Crippen LogP contribution in [0.15, 0.2) is 0 Å². The summed E-state index contributed by atoms with van der Waals surface area (Å²) in [5, 5.41) is 0. The van der Waals surface area contributed by atoms with Crippen LogP contribution < -0.4 is 0 Å². The summed E-state index contributed by atoms with van der Waals surface area (Å²) < 4.78 is 88.8. The van der Waals surface area contributed by atoms with Crippen LogP contribution in [0.4, 0.5) is 0 Å². The molecular formula is C41H82O15. The molecule has 15 heteroatoms. The van der Waals surface area contributed by atoms with Crippen molar-refractivity contribution in [2.75, 3.05) is 113 Å². The fourth-order valence-corrected chi connectivity index (χ4v) is 4.77. The highest BCUT2D eigenvalue weighted by Gasteiger charge is 2.20. The summed E-state index contributed by atoms with van der Waals surface area (Å²) in [6, 6.07) is 0. The maximum absolute atomic E-state index is 6.25. The Morgan fingerprint density at radius 3 is 1.25 bits per heavy atom. The Morgan fingerprint density at radius 2 is 0.768 bits per heavy atom. The van der Waals surface area contributed by atoms with Crippen molar-refractivity contribution in [2.45, 2.75) is 156 Å². The highest BCUT2D eigenvalue weighted by atomic mass is 16.6. The molecule has 0 aromatic carbocycles. The Kier molecular flexibility index (Phi) is 31.6. The minimum Gasteiger partial charge on any atom is -0.379 e. The van der Waals surface area contributed by atoms with E-state index in [4.69, 9.17) is 71.1 Å². The lowest BCUT2D eigenvalue weighted by Crippen LogP contribution is -2.35. The summed E-state index contributed by atoms with van der Waals surface area (Å²) in [7, 11) is 3.33. The second kappa shape index (κ2) is 33.2. The number of hydrogen-bond donors (Lipinski definition) is 0. The molecule has 1 aliphatic heterocycles. The van der Waals surface area contributed by atoms with Crippen molar-refractivity contribution in [1.82, 2.24) is 0 Å². The predicted molar refractivity (Wildman–Crippen MR) is 213 cm³/mol. The molecule has 56 heavy (non-hydrogen) atoms. The second-order valence-electron chi connectivity index (χ2n) is 15.4. The first-order valence-electron chi connectivity index (χ1n) is 20.7. The van der Waals surface area contributed by atoms with Crippen LogP contribution in [-0.4, -0.2) is 193 Å². The normalized spacial score (nSPS) is 28.2. The number of hydrogen-bond acceptors (Lipinski definition) is 15. The minimum absolute atomic E-state index is 0.00269. The highest BCUT2D eigenvalue weighted by molar-refractivity contribution is 4.65. The van der Waals surface area contributed by atoms with Gasteiger partial charge in [-0.1, -0.05) is 0 Å². The molecule has 1 rings (SSSR count). The predicted octanol–water partition coefficient (Wildman–Crippen LogP) is 4.52. The summed E-state index contributed by atoms with van der Waals surface area (Å²) >= 11 is 0. The van der Waals surface area contributed by atoms with E-state index in [9.17, 15) is 0 Å². The van der Waals surface area contributed by atoms with Gasteiger partial charge in [0.2, 0.25) is 0 Å². The number of rotatable bonds is 24. The van der Waals surface area contributed by atoms with E-state index in [0.29, 0.717) is 99.1 Å². The first-order valence-corrected chi connectivity index (χ1v) is 20.7. The summed E-state index contributed by atoms with van der Waals surface area (Å²) in [6.07, 6.45) is -1.67. The van der Waals surface area contributed by atoms with Crippen LogP contribution >= 0.6 is 0 Å². The summed E-state index contributed by atoms with van der Waals surface area (Å²) in [5.74, 6) is 0. The number of ether oxygens (including phenoxy) is 15. The van der Waals surface area contributed by atoms with Gasteiger partial charge in [-0.05, 0) is 76.2 Å². The summed E-state index contributed by atoms with van der Waals surface area (Å²) in [5.41, 5.74) is 0. The van der Waals surface area contributed by atoms with Gasteiger partial charge in [0.05, 0.1) is 166 Å². The van der Waals surface area contributed by atoms with Crippen molar-refractivity contribution in [1.29, 1.82) is 0 Å². The van der Waals surface area contributed by atoms with Crippen molar-refractivity contribution in [3.8, 4) is 0 Å². The molecule has 0 saturated carbocycles. The fourth-order valence-electron chi connectivity index (χ4n) is 4.77. The molecule has 0 aromatic rings. The largest absolute Gasteiger partial charge is 0.379 e. The molecule has 15 nitrogen and oxygen atoms in total. The molecule has 0 amide bonds. The van der Waals surface area contributed by atoms with Gasteiger partial charge in [-0.15, -0.1) is 0 Å². The van der Waals surface area contributed by atoms with Gasteiger partial charge in [0.15, 0.2) is 0 Å². The molecule has 0 aliphatic carbocycles. The van der Waals surface area contributed by atoms with Gasteiger partial charge in [0, 0.05) is 14.2 Å². The van der Waals surface area contributed by atoms with Gasteiger partial charge in [-0.3, -0.25) is 0 Å². The van der Waals surface area contributed by atoms with Crippen LogP contribution in [0.25, 0.3) is 0 Å². The molecule has 13 atom stereocenters. The average molecular weight is 815 g/mol. The van der Waals surface area contributed by atoms with E-state index < -0.39 is 0 Å². The minimum atomic E-state index is -0.311. The van der Waals surface area contributed by atoms with Crippen LogP contribution in [-0.2, 0) is 71.1 Å². The Morgan fingerprint density at radius 1 is 0.393 bits per heavy atom. The van der Waals surface area contributed by atoms with Crippen LogP contribution in [0.3, 0.4) is 0 Å². The molecular weight excluding hydrogens is 732 g/mol. The van der Waals surface area contributed by atoms with Crippen molar-refractivity contribution in [2.24, 2.45) is 0 Å². The lowest BCUT2D eigenvalue weighted by Gasteiger charge is -2.25. The van der Waals surface area contributed by atoms with E-state index in [-0.39, 0.29) is 79.4 Å². The zero-order chi connectivity index (χ0) is 41.7. The molecule has 0 aromatic heterocycles. The van der Waals surface area contributed by atoms with Crippen LogP contribution in [0, 0.1) is 0 Å². The molecule has 0 radical (unpaired) electrons. The third-order valence-corrected chi connectivity index (χ3v) is 8.69. The van der Waals surface area contributed by atoms with Gasteiger partial charge in [0.1, 0.15) is 12.2 Å². The smallest absolute Gasteiger partial charge is 0.104 e. The summed E-state index contributed by atoms with van der Waals surface area (Å²) in [6.45, 7) is 27.9. The lowest BCUT2D eigenvalue weighted by atomic mass is 10.3. The molecule has 13 unspecified atom stereocenters. The Balaban J connectivity index is 2.63. The van der Waals surface area contributed by atoms with Crippen LogP contribution in [0.2, 0.25) is 0 Å². The Bertz CT molecular complexity index is 890. The van der Waals surface area contributed by atoms with Gasteiger partial charge in [-0.2, -0.15) is 0 Å². The third kappa shape index (κ3) is 29.6. The lowest BCUT2D eigenvalue weighted by molar-refractivity contribution is -0.134. The van der Waals surface area contributed by atoms with E-state index in [2.05, 4.69) is 0 Å². The Hall–Kier alpha value is -0.600. The summed E-state index contributed by atoms with van der Waals surface area (Å²) in [4.78, 5) is 0. The molecule has 1 aliphatic rings. The van der Waals surface area contributed by atoms with E-state index in [1.165, 1.54) is 0 Å². The monoisotopic (exact) mass is 815 g/mol. The van der Waals surface area contributed by atoms with Gasteiger partial charge in [-0.25, -0.2) is 0 Å². The molecule has 0 N–H and O–H groups in total. The molecule has 0 spiro atoms. The van der Waals surface area contributed by atoms with Gasteiger partial charge in [0.25, 0.3) is 0 Å². The van der Waals surface area contributed by atoms with E-state index in [1.807, 2.05) is 76.2 Å². The average Bonchev–Trinajstić information content (AvgIpc) is 3.18. The molecule has 1 fully saturated rings. The molecule has 0 bridgehead atoms. The van der Waals surface area contributed by atoms with Crippen molar-refractivity contribution >= 4 is 0 Å². The van der Waals surface area contributed by atoms with Crippen LogP contribution in [0.5, 0.6) is 0 Å². The van der Waals surface area contributed by atoms with Crippen molar-refractivity contribution in [3.05, 3.63) is 0 Å². The van der Waals surface area contributed by atoms with E-state index in [0.717, 1.165) is 0 Å². The zero-order valence-electron chi connectivity index (χ0n) is 37.2. The first-order chi connectivity index (χ1) is 26.7. The standard InChI is InChI=1S/C41H82O15/c1-29(42-12)16-46-31(3)14-44-25-40(55-23-38(10)47-17-30(2)43-13)27-54-37(9)22-52-39(11)24-56-41-26-45-15-32(4)48-18-33(5)49-19-34(6)50-20-35(7)51-21-36(8)53-28-41/h29-41H,14-28H2,1-13H3. The third-order valence-electron chi connectivity index (χ3n) is 8.69. The van der Waals surface area contributed by atoms with E-state index >= 15 is 0 Å². The SMILES string of the molecule is COC(C)COC(C)COCC(COC(C)COC(C)COC1COCC(C)OCC(C)OCC(C)OCC(C)OCC(C)OC1)OCC(C)OCC(C)OC. The molecule has 1 heterocycles.